The first-order valence-corrected chi connectivity index (χ1v) is 8.20. The molecule has 1 amide bonds. The fraction of sp³-hybridized carbons (Fsp3) is 0.688. The lowest BCUT2D eigenvalue weighted by Crippen LogP contribution is -2.16. The van der Waals surface area contributed by atoms with Crippen LogP contribution in [0.3, 0.4) is 0 Å². The van der Waals surface area contributed by atoms with Crippen LogP contribution in [0.1, 0.15) is 70.3 Å². The van der Waals surface area contributed by atoms with Gasteiger partial charge in [-0.25, -0.2) is 9.67 Å². The van der Waals surface area contributed by atoms with Crippen LogP contribution in [0, 0.1) is 0 Å². The highest BCUT2D eigenvalue weighted by molar-refractivity contribution is 5.90. The molecule has 1 N–H and O–H groups in total. The van der Waals surface area contributed by atoms with Gasteiger partial charge in [0, 0.05) is 6.42 Å². The van der Waals surface area contributed by atoms with Gasteiger partial charge in [-0.2, -0.15) is 0 Å². The minimum absolute atomic E-state index is 0.00421. The van der Waals surface area contributed by atoms with Crippen molar-refractivity contribution >= 4 is 11.9 Å². The second-order valence-corrected chi connectivity index (χ2v) is 6.17. The molecule has 0 unspecified atom stereocenters. The van der Waals surface area contributed by atoms with Gasteiger partial charge >= 0.3 is 0 Å². The highest BCUT2D eigenvalue weighted by atomic mass is 16.1. The SMILES string of the molecule is O=C(CC1=CCCCC1)Nc1ncn(C2CCCCC2)n1. The van der Waals surface area contributed by atoms with Gasteiger partial charge in [0.1, 0.15) is 6.33 Å². The molecule has 2 aliphatic rings. The lowest BCUT2D eigenvalue weighted by molar-refractivity contribution is -0.115. The monoisotopic (exact) mass is 288 g/mol. The second kappa shape index (κ2) is 6.87. The Hall–Kier alpha value is -1.65. The first-order valence-electron chi connectivity index (χ1n) is 8.20. The van der Waals surface area contributed by atoms with Crippen molar-refractivity contribution in [3.63, 3.8) is 0 Å². The van der Waals surface area contributed by atoms with Crippen molar-refractivity contribution in [2.24, 2.45) is 0 Å². The van der Waals surface area contributed by atoms with E-state index in [1.54, 1.807) is 6.33 Å². The number of amides is 1. The molecule has 0 atom stereocenters. The Labute approximate surface area is 125 Å². The maximum absolute atomic E-state index is 12.0. The molecule has 2 aliphatic carbocycles. The average molecular weight is 288 g/mol. The molecule has 1 aromatic rings. The van der Waals surface area contributed by atoms with E-state index in [0.29, 0.717) is 18.4 Å². The lowest BCUT2D eigenvalue weighted by atomic mass is 9.96. The molecule has 5 nitrogen and oxygen atoms in total. The van der Waals surface area contributed by atoms with E-state index in [1.165, 1.54) is 50.5 Å². The van der Waals surface area contributed by atoms with Gasteiger partial charge in [-0.15, -0.1) is 5.10 Å². The summed E-state index contributed by atoms with van der Waals surface area (Å²) in [5, 5.41) is 7.25. The van der Waals surface area contributed by atoms with Gasteiger partial charge in [0.15, 0.2) is 0 Å². The summed E-state index contributed by atoms with van der Waals surface area (Å²) < 4.78 is 1.93. The molecule has 0 bridgehead atoms. The van der Waals surface area contributed by atoms with E-state index in [1.807, 2.05) is 4.68 Å². The fourth-order valence-electron chi connectivity index (χ4n) is 3.29. The Morgan fingerprint density at radius 2 is 2.10 bits per heavy atom. The summed E-state index contributed by atoms with van der Waals surface area (Å²) in [4.78, 5) is 16.2. The van der Waals surface area contributed by atoms with Crippen LogP contribution in [0.25, 0.3) is 0 Å². The summed E-state index contributed by atoms with van der Waals surface area (Å²) in [6.07, 6.45) is 15.2. The standard InChI is InChI=1S/C16H24N4O/c21-15(11-13-7-3-1-4-8-13)18-16-17-12-20(19-16)14-9-5-2-6-10-14/h7,12,14H,1-6,8-11H2,(H,18,19,21). The van der Waals surface area contributed by atoms with Crippen LogP contribution in [-0.4, -0.2) is 20.7 Å². The molecule has 1 fully saturated rings. The van der Waals surface area contributed by atoms with E-state index >= 15 is 0 Å². The highest BCUT2D eigenvalue weighted by Crippen LogP contribution is 2.27. The molecular weight excluding hydrogens is 264 g/mol. The fourth-order valence-corrected chi connectivity index (χ4v) is 3.29. The zero-order valence-corrected chi connectivity index (χ0v) is 12.6. The largest absolute Gasteiger partial charge is 0.293 e. The van der Waals surface area contributed by atoms with Gasteiger partial charge in [0.25, 0.3) is 0 Å². The number of rotatable bonds is 4. The van der Waals surface area contributed by atoms with Crippen molar-refractivity contribution in [1.82, 2.24) is 14.8 Å². The highest BCUT2D eigenvalue weighted by Gasteiger charge is 2.17. The first-order chi connectivity index (χ1) is 10.3. The lowest BCUT2D eigenvalue weighted by Gasteiger charge is -2.21. The van der Waals surface area contributed by atoms with Crippen LogP contribution in [0.2, 0.25) is 0 Å². The maximum atomic E-state index is 12.0. The predicted molar refractivity (Wildman–Crippen MR) is 81.9 cm³/mol. The Bertz CT molecular complexity index is 514. The third kappa shape index (κ3) is 3.93. The third-order valence-electron chi connectivity index (χ3n) is 4.48. The van der Waals surface area contributed by atoms with Crippen LogP contribution in [0.4, 0.5) is 5.95 Å². The van der Waals surface area contributed by atoms with E-state index in [4.69, 9.17) is 0 Å². The number of anilines is 1. The van der Waals surface area contributed by atoms with Crippen molar-refractivity contribution in [1.29, 1.82) is 0 Å². The average Bonchev–Trinajstić information content (AvgIpc) is 2.97. The van der Waals surface area contributed by atoms with Crippen molar-refractivity contribution < 1.29 is 4.79 Å². The molecule has 0 saturated heterocycles. The van der Waals surface area contributed by atoms with Crippen molar-refractivity contribution in [3.05, 3.63) is 18.0 Å². The first kappa shape index (κ1) is 14.3. The summed E-state index contributed by atoms with van der Waals surface area (Å²) >= 11 is 0. The van der Waals surface area contributed by atoms with E-state index in [2.05, 4.69) is 21.5 Å². The number of carbonyl (C=O) groups excluding carboxylic acids is 1. The second-order valence-electron chi connectivity index (χ2n) is 6.17. The topological polar surface area (TPSA) is 59.8 Å². The zero-order chi connectivity index (χ0) is 14.5. The molecule has 1 saturated carbocycles. The maximum Gasteiger partial charge on any atom is 0.248 e. The van der Waals surface area contributed by atoms with E-state index < -0.39 is 0 Å². The molecule has 114 valence electrons. The quantitative estimate of drug-likeness (QED) is 0.861. The van der Waals surface area contributed by atoms with Gasteiger partial charge in [0.05, 0.1) is 6.04 Å². The van der Waals surface area contributed by atoms with Crippen LogP contribution >= 0.6 is 0 Å². The Morgan fingerprint density at radius 1 is 1.24 bits per heavy atom. The molecule has 0 aliphatic heterocycles. The third-order valence-corrected chi connectivity index (χ3v) is 4.48. The molecule has 0 spiro atoms. The number of nitrogens with one attached hydrogen (secondary N) is 1. The smallest absolute Gasteiger partial charge is 0.248 e. The molecule has 21 heavy (non-hydrogen) atoms. The molecule has 5 heteroatoms. The Morgan fingerprint density at radius 3 is 2.86 bits per heavy atom. The number of allylic oxidation sites excluding steroid dienone is 1. The predicted octanol–water partition coefficient (Wildman–Crippen LogP) is 3.61. The van der Waals surface area contributed by atoms with E-state index in [0.717, 1.165) is 12.8 Å². The molecular formula is C16H24N4O. The van der Waals surface area contributed by atoms with Crippen molar-refractivity contribution in [3.8, 4) is 0 Å². The molecule has 0 radical (unpaired) electrons. The summed E-state index contributed by atoms with van der Waals surface area (Å²) in [5.41, 5.74) is 1.26. The summed E-state index contributed by atoms with van der Waals surface area (Å²) in [6, 6.07) is 0.456. The van der Waals surface area contributed by atoms with Gasteiger partial charge < -0.3 is 0 Å². The van der Waals surface area contributed by atoms with Gasteiger partial charge in [-0.05, 0) is 38.5 Å². The van der Waals surface area contributed by atoms with Crippen molar-refractivity contribution in [2.45, 2.75) is 70.3 Å². The van der Waals surface area contributed by atoms with Crippen LogP contribution in [0.5, 0.6) is 0 Å². The number of carbonyl (C=O) groups is 1. The van der Waals surface area contributed by atoms with Crippen LogP contribution in [-0.2, 0) is 4.79 Å². The van der Waals surface area contributed by atoms with Crippen LogP contribution < -0.4 is 5.32 Å². The zero-order valence-electron chi connectivity index (χ0n) is 12.6. The van der Waals surface area contributed by atoms with E-state index in [9.17, 15) is 4.79 Å². The normalized spacial score (nSPS) is 20.1. The number of hydrogen-bond acceptors (Lipinski definition) is 3. The minimum Gasteiger partial charge on any atom is -0.293 e. The molecule has 1 aromatic heterocycles. The Balaban J connectivity index is 1.53. The van der Waals surface area contributed by atoms with Gasteiger partial charge in [0.2, 0.25) is 11.9 Å². The van der Waals surface area contributed by atoms with Crippen molar-refractivity contribution in [2.75, 3.05) is 5.32 Å². The summed E-state index contributed by atoms with van der Waals surface area (Å²) in [7, 11) is 0. The van der Waals surface area contributed by atoms with Gasteiger partial charge in [-0.1, -0.05) is 30.9 Å². The Kier molecular flexibility index (Phi) is 4.68. The minimum atomic E-state index is 0.00421. The molecule has 0 aromatic carbocycles. The summed E-state index contributed by atoms with van der Waals surface area (Å²) in [5.74, 6) is 0.450. The summed E-state index contributed by atoms with van der Waals surface area (Å²) in [6.45, 7) is 0. The van der Waals surface area contributed by atoms with Crippen LogP contribution in [0.15, 0.2) is 18.0 Å². The number of aromatic nitrogens is 3. The molecule has 1 heterocycles. The number of nitrogens with zero attached hydrogens (tertiary/aromatic N) is 3. The number of hydrogen-bond donors (Lipinski definition) is 1. The van der Waals surface area contributed by atoms with Gasteiger partial charge in [-0.3, -0.25) is 10.1 Å². The van der Waals surface area contributed by atoms with E-state index in [-0.39, 0.29) is 5.91 Å². The molecule has 3 rings (SSSR count).